The highest BCUT2D eigenvalue weighted by Gasteiger charge is 2.43. The van der Waals surface area contributed by atoms with Crippen LogP contribution >= 0.6 is 15.9 Å². The fraction of sp³-hybridized carbons (Fsp3) is 0.300. The van der Waals surface area contributed by atoms with Gasteiger partial charge in [0.1, 0.15) is 12.5 Å². The van der Waals surface area contributed by atoms with Gasteiger partial charge in [0.25, 0.3) is 0 Å². The molecule has 1 rings (SSSR count). The van der Waals surface area contributed by atoms with Crippen molar-refractivity contribution in [2.75, 3.05) is 6.61 Å². The van der Waals surface area contributed by atoms with Gasteiger partial charge in [-0.15, -0.1) is 0 Å². The number of ether oxygens (including phenoxy) is 1. The first-order chi connectivity index (χ1) is 8.75. The van der Waals surface area contributed by atoms with Crippen LogP contribution in [0.5, 0.6) is 5.75 Å². The van der Waals surface area contributed by atoms with Gasteiger partial charge in [-0.1, -0.05) is 21.1 Å². The van der Waals surface area contributed by atoms with Gasteiger partial charge in [-0.2, -0.15) is 13.2 Å². The van der Waals surface area contributed by atoms with Crippen molar-refractivity contribution in [1.29, 1.82) is 0 Å². The van der Waals surface area contributed by atoms with Gasteiger partial charge in [0.15, 0.2) is 17.4 Å². The van der Waals surface area contributed by atoms with Gasteiger partial charge in [0.2, 0.25) is 0 Å². The maximum atomic E-state index is 13.3. The smallest absolute Gasteiger partial charge is 0.402 e. The van der Waals surface area contributed by atoms with Crippen LogP contribution in [0.1, 0.15) is 0 Å². The number of halogens is 5. The number of oxime groups is 1. The standard InChI is InChI=1S/C10H9BrF4N2O2/c11-5-1-2-7(12)8(3-5)19-4-6(9(16)17-18)10(13,14)15/h1-3,6,18H,4H2,(H2,16,17). The summed E-state index contributed by atoms with van der Waals surface area (Å²) in [6, 6.07) is 3.58. The molecule has 0 heterocycles. The predicted molar refractivity (Wildman–Crippen MR) is 62.5 cm³/mol. The van der Waals surface area contributed by atoms with Crippen molar-refractivity contribution in [3.05, 3.63) is 28.5 Å². The highest BCUT2D eigenvalue weighted by Crippen LogP contribution is 2.28. The van der Waals surface area contributed by atoms with Crippen LogP contribution in [0.3, 0.4) is 0 Å². The zero-order valence-electron chi connectivity index (χ0n) is 9.29. The minimum Gasteiger partial charge on any atom is -0.489 e. The van der Waals surface area contributed by atoms with Crippen LogP contribution in [-0.2, 0) is 0 Å². The third-order valence-corrected chi connectivity index (χ3v) is 2.66. The van der Waals surface area contributed by atoms with Gasteiger partial charge in [-0.05, 0) is 18.2 Å². The van der Waals surface area contributed by atoms with Crippen molar-refractivity contribution in [3.63, 3.8) is 0 Å². The third kappa shape index (κ3) is 4.27. The molecule has 3 N–H and O–H groups in total. The van der Waals surface area contributed by atoms with Crippen LogP contribution in [0.4, 0.5) is 17.6 Å². The normalized spacial score (nSPS) is 14.3. The topological polar surface area (TPSA) is 67.8 Å². The molecule has 0 saturated carbocycles. The Morgan fingerprint density at radius 3 is 2.63 bits per heavy atom. The molecule has 0 bridgehead atoms. The number of benzene rings is 1. The van der Waals surface area contributed by atoms with E-state index in [-0.39, 0.29) is 5.75 Å². The summed E-state index contributed by atoms with van der Waals surface area (Å²) in [6.07, 6.45) is -4.77. The molecule has 0 aliphatic heterocycles. The Balaban J connectivity index is 2.85. The Morgan fingerprint density at radius 1 is 1.47 bits per heavy atom. The Bertz CT molecular complexity index is 479. The summed E-state index contributed by atoms with van der Waals surface area (Å²) in [5.41, 5.74) is 4.93. The van der Waals surface area contributed by atoms with E-state index >= 15 is 0 Å². The molecule has 0 saturated heterocycles. The maximum absolute atomic E-state index is 13.3. The molecule has 0 amide bonds. The largest absolute Gasteiger partial charge is 0.489 e. The fourth-order valence-corrected chi connectivity index (χ4v) is 1.52. The first kappa shape index (κ1) is 15.5. The Kier molecular flexibility index (Phi) is 4.98. The van der Waals surface area contributed by atoms with Crippen LogP contribution in [0, 0.1) is 11.7 Å². The molecule has 0 spiro atoms. The molecule has 0 aliphatic carbocycles. The van der Waals surface area contributed by atoms with Gasteiger partial charge in [-0.3, -0.25) is 0 Å². The van der Waals surface area contributed by atoms with E-state index in [4.69, 9.17) is 15.7 Å². The fourth-order valence-electron chi connectivity index (χ4n) is 1.18. The van der Waals surface area contributed by atoms with Crippen LogP contribution in [0.2, 0.25) is 0 Å². The average molecular weight is 345 g/mol. The number of nitrogens with zero attached hydrogens (tertiary/aromatic N) is 1. The first-order valence-electron chi connectivity index (χ1n) is 4.87. The molecule has 106 valence electrons. The number of hydrogen-bond acceptors (Lipinski definition) is 3. The van der Waals surface area contributed by atoms with Crippen LogP contribution in [0.25, 0.3) is 0 Å². The Labute approximate surface area is 114 Å². The van der Waals surface area contributed by atoms with Gasteiger partial charge >= 0.3 is 6.18 Å². The van der Waals surface area contributed by atoms with Crippen molar-refractivity contribution in [3.8, 4) is 5.75 Å². The highest BCUT2D eigenvalue weighted by molar-refractivity contribution is 9.10. The zero-order valence-corrected chi connectivity index (χ0v) is 10.9. The second kappa shape index (κ2) is 6.09. The Hall–Kier alpha value is -1.51. The van der Waals surface area contributed by atoms with Crippen molar-refractivity contribution in [2.45, 2.75) is 6.18 Å². The van der Waals surface area contributed by atoms with E-state index in [1.165, 1.54) is 12.1 Å². The first-order valence-corrected chi connectivity index (χ1v) is 5.67. The monoisotopic (exact) mass is 344 g/mol. The van der Waals surface area contributed by atoms with Crippen LogP contribution < -0.4 is 10.5 Å². The number of nitrogens with two attached hydrogens (primary N) is 1. The van der Waals surface area contributed by atoms with E-state index in [9.17, 15) is 17.6 Å². The van der Waals surface area contributed by atoms with E-state index in [1.54, 1.807) is 0 Å². The lowest BCUT2D eigenvalue weighted by atomic mass is 10.1. The summed E-state index contributed by atoms with van der Waals surface area (Å²) in [6.45, 7) is -0.993. The molecule has 1 aromatic rings. The summed E-state index contributed by atoms with van der Waals surface area (Å²) < 4.78 is 56.2. The van der Waals surface area contributed by atoms with Crippen LogP contribution in [0.15, 0.2) is 27.8 Å². The number of alkyl halides is 3. The van der Waals surface area contributed by atoms with Crippen molar-refractivity contribution in [1.82, 2.24) is 0 Å². The second-order valence-corrected chi connectivity index (χ2v) is 4.42. The molecule has 9 heteroatoms. The summed E-state index contributed by atoms with van der Waals surface area (Å²) >= 11 is 3.03. The number of rotatable bonds is 4. The van der Waals surface area contributed by atoms with E-state index in [1.807, 2.05) is 0 Å². The summed E-state index contributed by atoms with van der Waals surface area (Å²) in [5, 5.41) is 10.6. The van der Waals surface area contributed by atoms with Gasteiger partial charge in [-0.25, -0.2) is 4.39 Å². The highest BCUT2D eigenvalue weighted by atomic mass is 79.9. The minimum absolute atomic E-state index is 0.366. The lowest BCUT2D eigenvalue weighted by Gasteiger charge is -2.19. The molecule has 0 aromatic heterocycles. The lowest BCUT2D eigenvalue weighted by Crippen LogP contribution is -2.40. The molecule has 1 aromatic carbocycles. The molecule has 19 heavy (non-hydrogen) atoms. The average Bonchev–Trinajstić information content (AvgIpc) is 2.31. The zero-order chi connectivity index (χ0) is 14.6. The van der Waals surface area contributed by atoms with Crippen LogP contribution in [-0.4, -0.2) is 23.8 Å². The minimum atomic E-state index is -4.77. The molecule has 0 aliphatic rings. The van der Waals surface area contributed by atoms with E-state index in [0.29, 0.717) is 4.47 Å². The lowest BCUT2D eigenvalue weighted by molar-refractivity contribution is -0.162. The summed E-state index contributed by atoms with van der Waals surface area (Å²) in [7, 11) is 0. The van der Waals surface area contributed by atoms with E-state index < -0.39 is 30.4 Å². The van der Waals surface area contributed by atoms with E-state index in [0.717, 1.165) is 6.07 Å². The molecule has 0 fully saturated rings. The molecule has 0 radical (unpaired) electrons. The van der Waals surface area contributed by atoms with E-state index in [2.05, 4.69) is 21.1 Å². The quantitative estimate of drug-likeness (QED) is 0.290. The number of hydrogen-bond donors (Lipinski definition) is 2. The summed E-state index contributed by atoms with van der Waals surface area (Å²) in [5.74, 6) is -4.56. The van der Waals surface area contributed by atoms with Gasteiger partial charge in [0, 0.05) is 4.47 Å². The molecule has 4 nitrogen and oxygen atoms in total. The molecule has 1 atom stereocenters. The van der Waals surface area contributed by atoms with Crippen molar-refractivity contribution in [2.24, 2.45) is 16.8 Å². The maximum Gasteiger partial charge on any atom is 0.402 e. The molecular formula is C10H9BrF4N2O2. The van der Waals surface area contributed by atoms with Gasteiger partial charge in [0.05, 0.1) is 0 Å². The summed E-state index contributed by atoms with van der Waals surface area (Å²) in [4.78, 5) is 0. The SMILES string of the molecule is N/C(=N/O)C(COc1cc(Br)ccc1F)C(F)(F)F. The van der Waals surface area contributed by atoms with Gasteiger partial charge < -0.3 is 15.7 Å². The Morgan fingerprint density at radius 2 is 2.11 bits per heavy atom. The van der Waals surface area contributed by atoms with Crippen molar-refractivity contribution >= 4 is 21.8 Å². The molecule has 1 unspecified atom stereocenters. The molecular weight excluding hydrogens is 336 g/mol. The van der Waals surface area contributed by atoms with Crippen molar-refractivity contribution < 1.29 is 27.5 Å². The predicted octanol–water partition coefficient (Wildman–Crippen LogP) is 2.89. The third-order valence-electron chi connectivity index (χ3n) is 2.17. The number of amidine groups is 1. The second-order valence-electron chi connectivity index (χ2n) is 3.50.